The Hall–Kier alpha value is -4.18. The minimum atomic E-state index is -1.15. The number of esters is 1. The van der Waals surface area contributed by atoms with Crippen molar-refractivity contribution in [2.45, 2.75) is 0 Å². The van der Waals surface area contributed by atoms with Gasteiger partial charge < -0.3 is 24.2 Å². The van der Waals surface area contributed by atoms with Crippen molar-refractivity contribution in [3.8, 4) is 23.0 Å². The van der Waals surface area contributed by atoms with E-state index in [0.29, 0.717) is 22.6 Å². The summed E-state index contributed by atoms with van der Waals surface area (Å²) in [7, 11) is 3.05. The van der Waals surface area contributed by atoms with E-state index < -0.39 is 11.2 Å². The van der Waals surface area contributed by atoms with Crippen LogP contribution in [0.25, 0.3) is 6.08 Å². The fourth-order valence-electron chi connectivity index (χ4n) is 3.27. The van der Waals surface area contributed by atoms with Gasteiger partial charge in [-0.3, -0.25) is 4.79 Å². The molecule has 0 fully saturated rings. The number of carbonyl (C=O) groups is 2. The van der Waals surface area contributed by atoms with Gasteiger partial charge in [-0.1, -0.05) is 6.07 Å². The summed E-state index contributed by atoms with van der Waals surface area (Å²) in [6.07, 6.45) is 1.55. The largest absolute Gasteiger partial charge is 0.595 e. The quantitative estimate of drug-likeness (QED) is 0.255. The average molecular weight is 449 g/mol. The summed E-state index contributed by atoms with van der Waals surface area (Å²) in [5, 5.41) is 19.0. The number of rotatable bonds is 6. The lowest BCUT2D eigenvalue weighted by Gasteiger charge is -2.12. The highest BCUT2D eigenvalue weighted by Gasteiger charge is 2.28. The van der Waals surface area contributed by atoms with E-state index in [2.05, 4.69) is 0 Å². The van der Waals surface area contributed by atoms with E-state index in [1.807, 2.05) is 0 Å². The Balaban J connectivity index is 1.57. The molecule has 0 saturated heterocycles. The van der Waals surface area contributed by atoms with Crippen molar-refractivity contribution in [3.63, 3.8) is 0 Å². The molecule has 0 aromatic heterocycles. The van der Waals surface area contributed by atoms with Gasteiger partial charge >= 0.3 is 5.97 Å². The Bertz CT molecular complexity index is 1270. The van der Waals surface area contributed by atoms with E-state index in [1.54, 1.807) is 24.3 Å². The molecule has 1 unspecified atom stereocenters. The zero-order valence-corrected chi connectivity index (χ0v) is 17.7. The first-order valence-corrected chi connectivity index (χ1v) is 9.75. The molecular formula is C24H19NO8. The maximum absolute atomic E-state index is 12.8. The Kier molecular flexibility index (Phi) is 6.09. The molecule has 9 nitrogen and oxygen atoms in total. The molecule has 0 aliphatic carbocycles. The van der Waals surface area contributed by atoms with Crippen LogP contribution in [0.1, 0.15) is 26.3 Å². The number of carbonyl (C=O) groups excluding carboxylic acids is 2. The number of ketones is 1. The molecule has 1 aliphatic rings. The second kappa shape index (κ2) is 9.13. The second-order valence-electron chi connectivity index (χ2n) is 6.98. The SMILES string of the molecule is COc1ccc(OC)c(C=C2Oc3cc(OC(=O)c4cccc([NH+]([O-])O)c4)ccc3C2=O)c1. The number of methoxy groups -OCH3 is 2. The van der Waals surface area contributed by atoms with Gasteiger partial charge in [-0.2, -0.15) is 5.23 Å². The van der Waals surface area contributed by atoms with Crippen LogP contribution < -0.4 is 24.2 Å². The molecular weight excluding hydrogens is 430 g/mol. The molecule has 1 heterocycles. The molecule has 0 bridgehead atoms. The van der Waals surface area contributed by atoms with Gasteiger partial charge in [0, 0.05) is 23.8 Å². The molecule has 168 valence electrons. The highest BCUT2D eigenvalue weighted by Crippen LogP contribution is 2.36. The molecule has 33 heavy (non-hydrogen) atoms. The van der Waals surface area contributed by atoms with Gasteiger partial charge in [0.25, 0.3) is 0 Å². The van der Waals surface area contributed by atoms with Crippen LogP contribution in [0.5, 0.6) is 23.0 Å². The van der Waals surface area contributed by atoms with Gasteiger partial charge in [-0.15, -0.1) is 0 Å². The summed E-state index contributed by atoms with van der Waals surface area (Å²) in [5.74, 6) is 0.515. The predicted molar refractivity (Wildman–Crippen MR) is 116 cm³/mol. The molecule has 3 aromatic rings. The number of hydrogen-bond acceptors (Lipinski definition) is 8. The molecule has 0 amide bonds. The van der Waals surface area contributed by atoms with Gasteiger partial charge in [0.2, 0.25) is 5.78 Å². The van der Waals surface area contributed by atoms with Crippen LogP contribution in [0.4, 0.5) is 5.69 Å². The first kappa shape index (κ1) is 22.0. The third-order valence-corrected chi connectivity index (χ3v) is 4.92. The number of hydrogen-bond donors (Lipinski definition) is 2. The first-order valence-electron chi connectivity index (χ1n) is 9.75. The lowest BCUT2D eigenvalue weighted by Crippen LogP contribution is -2.99. The van der Waals surface area contributed by atoms with Crippen LogP contribution in [-0.2, 0) is 0 Å². The number of nitrogens with one attached hydrogen (secondary N) is 1. The zero-order chi connectivity index (χ0) is 23.5. The van der Waals surface area contributed by atoms with Gasteiger partial charge in [0.1, 0.15) is 23.0 Å². The summed E-state index contributed by atoms with van der Waals surface area (Å²) in [6, 6.07) is 15.1. The minimum absolute atomic E-state index is 0.0323. The van der Waals surface area contributed by atoms with Gasteiger partial charge in [0.05, 0.1) is 25.3 Å². The number of benzene rings is 3. The number of fused-ring (bicyclic) bond motifs is 1. The van der Waals surface area contributed by atoms with E-state index in [4.69, 9.17) is 24.2 Å². The maximum atomic E-state index is 12.8. The zero-order valence-electron chi connectivity index (χ0n) is 17.7. The van der Waals surface area contributed by atoms with Gasteiger partial charge in [0.15, 0.2) is 11.4 Å². The van der Waals surface area contributed by atoms with Crippen LogP contribution in [-0.4, -0.2) is 31.2 Å². The fourth-order valence-corrected chi connectivity index (χ4v) is 3.27. The summed E-state index contributed by atoms with van der Waals surface area (Å²) < 4.78 is 21.6. The standard InChI is InChI=1S/C24H19NO8/c1-30-17-7-9-20(31-2)15(11-17)12-22-23(26)19-8-6-18(13-21(19)33-22)32-24(27)14-4-3-5-16(10-14)25(28)29/h3-13,25,28H,1-2H3. The lowest BCUT2D eigenvalue weighted by molar-refractivity contribution is -0.991. The van der Waals surface area contributed by atoms with Crippen molar-refractivity contribution in [2.24, 2.45) is 0 Å². The van der Waals surface area contributed by atoms with Crippen LogP contribution in [0, 0.1) is 5.21 Å². The van der Waals surface area contributed by atoms with Crippen molar-refractivity contribution < 1.29 is 39.0 Å². The number of allylic oxidation sites excluding steroid dienone is 1. The van der Waals surface area contributed by atoms with Crippen molar-refractivity contribution in [2.75, 3.05) is 14.2 Å². The molecule has 3 aromatic carbocycles. The molecule has 0 radical (unpaired) electrons. The normalized spacial score (nSPS) is 14.4. The molecule has 2 N–H and O–H groups in total. The van der Waals surface area contributed by atoms with E-state index in [9.17, 15) is 14.8 Å². The average Bonchev–Trinajstić information content (AvgIpc) is 3.13. The molecule has 1 aliphatic heterocycles. The second-order valence-corrected chi connectivity index (χ2v) is 6.98. The maximum Gasteiger partial charge on any atom is 0.343 e. The van der Waals surface area contributed by atoms with Crippen LogP contribution in [0.2, 0.25) is 0 Å². The van der Waals surface area contributed by atoms with E-state index in [-0.39, 0.29) is 34.3 Å². The van der Waals surface area contributed by atoms with Crippen LogP contribution in [0.15, 0.2) is 66.4 Å². The van der Waals surface area contributed by atoms with Crippen molar-refractivity contribution in [1.29, 1.82) is 0 Å². The summed E-state index contributed by atoms with van der Waals surface area (Å²) in [4.78, 5) is 25.2. The minimum Gasteiger partial charge on any atom is -0.595 e. The molecule has 0 spiro atoms. The third-order valence-electron chi connectivity index (χ3n) is 4.92. The Labute approximate surface area is 188 Å². The van der Waals surface area contributed by atoms with Crippen molar-refractivity contribution in [3.05, 3.63) is 88.3 Å². The summed E-state index contributed by atoms with van der Waals surface area (Å²) in [6.45, 7) is 0. The van der Waals surface area contributed by atoms with Gasteiger partial charge in [-0.25, -0.2) is 10.0 Å². The van der Waals surface area contributed by atoms with Crippen molar-refractivity contribution in [1.82, 2.24) is 0 Å². The highest BCUT2D eigenvalue weighted by atomic mass is 16.8. The summed E-state index contributed by atoms with van der Waals surface area (Å²) >= 11 is 0. The number of quaternary nitrogens is 1. The molecule has 4 rings (SSSR count). The third kappa shape index (κ3) is 4.55. The Morgan fingerprint density at radius 3 is 2.55 bits per heavy atom. The molecule has 0 saturated carbocycles. The van der Waals surface area contributed by atoms with Gasteiger partial charge in [-0.05, 0) is 42.5 Å². The van der Waals surface area contributed by atoms with E-state index in [0.717, 1.165) is 0 Å². The lowest BCUT2D eigenvalue weighted by atomic mass is 10.1. The Morgan fingerprint density at radius 1 is 1.03 bits per heavy atom. The first-order chi connectivity index (χ1) is 15.9. The topological polar surface area (TPSA) is 119 Å². The predicted octanol–water partition coefficient (Wildman–Crippen LogP) is 2.94. The monoisotopic (exact) mass is 449 g/mol. The molecule has 9 heteroatoms. The fraction of sp³-hybridized carbons (Fsp3) is 0.0833. The smallest absolute Gasteiger partial charge is 0.343 e. The molecule has 1 atom stereocenters. The van der Waals surface area contributed by atoms with Crippen LogP contribution >= 0.6 is 0 Å². The number of Topliss-reactive ketones (excluding diaryl/α,β-unsaturated/α-hetero) is 1. The highest BCUT2D eigenvalue weighted by molar-refractivity contribution is 6.14. The summed E-state index contributed by atoms with van der Waals surface area (Å²) in [5.41, 5.74) is 0.960. The van der Waals surface area contributed by atoms with Crippen LogP contribution in [0.3, 0.4) is 0 Å². The van der Waals surface area contributed by atoms with E-state index in [1.165, 1.54) is 56.7 Å². The van der Waals surface area contributed by atoms with E-state index >= 15 is 0 Å². The number of ether oxygens (including phenoxy) is 4. The Morgan fingerprint density at radius 2 is 1.82 bits per heavy atom. The van der Waals surface area contributed by atoms with Crippen molar-refractivity contribution >= 4 is 23.5 Å².